The lowest BCUT2D eigenvalue weighted by Gasteiger charge is -2.20. The van der Waals surface area contributed by atoms with Gasteiger partial charge in [0.2, 0.25) is 0 Å². The van der Waals surface area contributed by atoms with Crippen LogP contribution < -0.4 is 20.2 Å². The summed E-state index contributed by atoms with van der Waals surface area (Å²) in [6, 6.07) is 8.52. The highest BCUT2D eigenvalue weighted by Crippen LogP contribution is 2.27. The second kappa shape index (κ2) is 13.6. The number of hydrogen-bond donors (Lipinski definition) is 2. The minimum absolute atomic E-state index is 0.215. The topological polar surface area (TPSA) is 115 Å². The molecule has 35 heavy (non-hydrogen) atoms. The molecule has 0 aliphatic rings. The minimum Gasteiger partial charge on any atom is -0.493 e. The molecule has 9 nitrogen and oxygen atoms in total. The van der Waals surface area contributed by atoms with E-state index in [0.29, 0.717) is 22.1 Å². The highest BCUT2D eigenvalue weighted by atomic mass is 35.5. The Hall–Kier alpha value is -3.30. The molecule has 0 spiro atoms. The maximum absolute atomic E-state index is 12.7. The Labute approximate surface area is 213 Å². The summed E-state index contributed by atoms with van der Waals surface area (Å²) < 4.78 is 15.5. The molecule has 0 saturated heterocycles. The molecular formula is C24H27Cl2N3O6. The van der Waals surface area contributed by atoms with E-state index < -0.39 is 23.8 Å². The number of nitrogens with one attached hydrogen (secondary N) is 2. The zero-order chi connectivity index (χ0) is 26.0. The average molecular weight is 524 g/mol. The number of benzene rings is 2. The highest BCUT2D eigenvalue weighted by Gasteiger charge is 2.24. The van der Waals surface area contributed by atoms with Crippen LogP contribution in [0.15, 0.2) is 41.5 Å². The fraction of sp³-hybridized carbons (Fsp3) is 0.333. The summed E-state index contributed by atoms with van der Waals surface area (Å²) in [5, 5.41) is 7.22. The van der Waals surface area contributed by atoms with Gasteiger partial charge in [-0.2, -0.15) is 5.10 Å². The first kappa shape index (κ1) is 27.9. The standard InChI is InChI=1S/C24H27Cl2N3O6/c1-5-34-21(30)13-35-19-9-6-15(10-20(19)33-4)12-27-29-24(32)22(14(2)3)28-23(31)16-7-8-17(25)18(26)11-16/h6-12,14,22H,5,13H2,1-4H3,(H,28,31)(H,29,32). The number of rotatable bonds is 11. The number of amides is 2. The van der Waals surface area contributed by atoms with Crippen molar-refractivity contribution < 1.29 is 28.6 Å². The fourth-order valence-electron chi connectivity index (χ4n) is 2.86. The van der Waals surface area contributed by atoms with Crippen LogP contribution in [0.5, 0.6) is 11.5 Å². The summed E-state index contributed by atoms with van der Waals surface area (Å²) in [5.41, 5.74) is 3.31. The van der Waals surface area contributed by atoms with Gasteiger partial charge >= 0.3 is 5.97 Å². The van der Waals surface area contributed by atoms with Crippen molar-refractivity contribution in [2.45, 2.75) is 26.8 Å². The zero-order valence-electron chi connectivity index (χ0n) is 19.8. The van der Waals surface area contributed by atoms with Crippen molar-refractivity contribution in [2.75, 3.05) is 20.3 Å². The molecule has 2 aromatic carbocycles. The molecule has 0 radical (unpaired) electrons. The lowest BCUT2D eigenvalue weighted by atomic mass is 10.0. The smallest absolute Gasteiger partial charge is 0.344 e. The molecule has 0 fully saturated rings. The van der Waals surface area contributed by atoms with Gasteiger partial charge in [0.15, 0.2) is 18.1 Å². The second-order valence-corrected chi connectivity index (χ2v) is 8.38. The molecule has 1 atom stereocenters. The van der Waals surface area contributed by atoms with Crippen molar-refractivity contribution >= 4 is 47.2 Å². The molecule has 1 unspecified atom stereocenters. The maximum Gasteiger partial charge on any atom is 0.344 e. The number of methoxy groups -OCH3 is 1. The molecular weight excluding hydrogens is 497 g/mol. The van der Waals surface area contributed by atoms with Gasteiger partial charge in [0, 0.05) is 5.56 Å². The third-order valence-corrected chi connectivity index (χ3v) is 5.38. The van der Waals surface area contributed by atoms with Crippen LogP contribution in [-0.2, 0) is 14.3 Å². The Morgan fingerprint density at radius 3 is 2.43 bits per heavy atom. The van der Waals surface area contributed by atoms with Crippen molar-refractivity contribution in [3.63, 3.8) is 0 Å². The normalized spacial score (nSPS) is 11.7. The van der Waals surface area contributed by atoms with Crippen molar-refractivity contribution in [1.82, 2.24) is 10.7 Å². The van der Waals surface area contributed by atoms with Crippen molar-refractivity contribution in [3.05, 3.63) is 57.6 Å². The zero-order valence-corrected chi connectivity index (χ0v) is 21.3. The van der Waals surface area contributed by atoms with Crippen LogP contribution in [0.4, 0.5) is 0 Å². The molecule has 2 rings (SSSR count). The van der Waals surface area contributed by atoms with Gasteiger partial charge in [0.05, 0.1) is 30.0 Å². The number of hydrazone groups is 1. The third-order valence-electron chi connectivity index (χ3n) is 4.64. The Morgan fingerprint density at radius 2 is 1.80 bits per heavy atom. The van der Waals surface area contributed by atoms with Crippen LogP contribution in [0.25, 0.3) is 0 Å². The maximum atomic E-state index is 12.7. The lowest BCUT2D eigenvalue weighted by Crippen LogP contribution is -2.48. The van der Waals surface area contributed by atoms with Crippen LogP contribution >= 0.6 is 23.2 Å². The summed E-state index contributed by atoms with van der Waals surface area (Å²) in [4.78, 5) is 36.7. The molecule has 0 bridgehead atoms. The monoisotopic (exact) mass is 523 g/mol. The van der Waals surface area contributed by atoms with E-state index in [0.717, 1.165) is 0 Å². The van der Waals surface area contributed by atoms with Gasteiger partial charge in [-0.15, -0.1) is 0 Å². The molecule has 0 heterocycles. The molecule has 2 aromatic rings. The average Bonchev–Trinajstić information content (AvgIpc) is 2.82. The van der Waals surface area contributed by atoms with Gasteiger partial charge in [0.25, 0.3) is 11.8 Å². The number of carbonyl (C=O) groups excluding carboxylic acids is 3. The number of ether oxygens (including phenoxy) is 3. The van der Waals surface area contributed by atoms with Gasteiger partial charge in [0.1, 0.15) is 6.04 Å². The van der Waals surface area contributed by atoms with E-state index in [1.807, 2.05) is 0 Å². The van der Waals surface area contributed by atoms with Crippen molar-refractivity contribution in [3.8, 4) is 11.5 Å². The largest absolute Gasteiger partial charge is 0.493 e. The van der Waals surface area contributed by atoms with Crippen LogP contribution in [0, 0.1) is 5.92 Å². The van der Waals surface area contributed by atoms with Crippen LogP contribution in [0.3, 0.4) is 0 Å². The molecule has 0 aliphatic carbocycles. The summed E-state index contributed by atoms with van der Waals surface area (Å²) in [6.45, 7) is 5.31. The molecule has 0 aromatic heterocycles. The fourth-order valence-corrected chi connectivity index (χ4v) is 3.16. The highest BCUT2D eigenvalue weighted by molar-refractivity contribution is 6.42. The minimum atomic E-state index is -0.845. The van der Waals surface area contributed by atoms with Crippen molar-refractivity contribution in [2.24, 2.45) is 11.0 Å². The Bertz CT molecular complexity index is 1090. The lowest BCUT2D eigenvalue weighted by molar-refractivity contribution is -0.145. The van der Waals surface area contributed by atoms with E-state index >= 15 is 0 Å². The van der Waals surface area contributed by atoms with E-state index in [1.54, 1.807) is 39.0 Å². The Kier molecular flexibility index (Phi) is 10.8. The summed E-state index contributed by atoms with van der Waals surface area (Å²) in [7, 11) is 1.46. The molecule has 2 N–H and O–H groups in total. The SMILES string of the molecule is CCOC(=O)COc1ccc(C=NNC(=O)C(NC(=O)c2ccc(Cl)c(Cl)c2)C(C)C)cc1OC. The molecule has 11 heteroatoms. The van der Waals surface area contributed by atoms with Gasteiger partial charge in [-0.1, -0.05) is 37.0 Å². The van der Waals surface area contributed by atoms with Gasteiger partial charge in [-0.05, 0) is 54.8 Å². The summed E-state index contributed by atoms with van der Waals surface area (Å²) in [6.07, 6.45) is 1.41. The van der Waals surface area contributed by atoms with Gasteiger partial charge in [-0.25, -0.2) is 10.2 Å². The number of nitrogens with zero attached hydrogens (tertiary/aromatic N) is 1. The number of halogens is 2. The van der Waals surface area contributed by atoms with Crippen LogP contribution in [-0.4, -0.2) is 50.4 Å². The third kappa shape index (κ3) is 8.45. The first-order valence-corrected chi connectivity index (χ1v) is 11.5. The van der Waals surface area contributed by atoms with E-state index in [9.17, 15) is 14.4 Å². The predicted octanol–water partition coefficient (Wildman–Crippen LogP) is 3.85. The Balaban J connectivity index is 2.02. The van der Waals surface area contributed by atoms with Crippen molar-refractivity contribution in [1.29, 1.82) is 0 Å². The molecule has 188 valence electrons. The first-order valence-electron chi connectivity index (χ1n) is 10.7. The summed E-state index contributed by atoms with van der Waals surface area (Å²) >= 11 is 11.9. The second-order valence-electron chi connectivity index (χ2n) is 7.56. The number of hydrogen-bond acceptors (Lipinski definition) is 7. The predicted molar refractivity (Wildman–Crippen MR) is 133 cm³/mol. The Morgan fingerprint density at radius 1 is 1.06 bits per heavy atom. The quantitative estimate of drug-likeness (QED) is 0.262. The van der Waals surface area contributed by atoms with Crippen LogP contribution in [0.2, 0.25) is 10.0 Å². The van der Waals surface area contributed by atoms with Crippen LogP contribution in [0.1, 0.15) is 36.7 Å². The van der Waals surface area contributed by atoms with E-state index in [1.165, 1.54) is 31.5 Å². The summed E-state index contributed by atoms with van der Waals surface area (Å²) in [5.74, 6) is -0.942. The van der Waals surface area contributed by atoms with E-state index in [2.05, 4.69) is 15.8 Å². The van der Waals surface area contributed by atoms with Gasteiger partial charge in [-0.3, -0.25) is 9.59 Å². The van der Waals surface area contributed by atoms with E-state index in [-0.39, 0.29) is 29.7 Å². The van der Waals surface area contributed by atoms with Gasteiger partial charge < -0.3 is 19.5 Å². The molecule has 0 saturated carbocycles. The first-order chi connectivity index (χ1) is 16.7. The number of esters is 1. The van der Waals surface area contributed by atoms with E-state index in [4.69, 9.17) is 37.4 Å². The molecule has 2 amide bonds. The number of carbonyl (C=O) groups is 3. The molecule has 0 aliphatic heterocycles.